The molecule has 0 N–H and O–H groups in total. The van der Waals surface area contributed by atoms with Crippen molar-refractivity contribution in [2.24, 2.45) is 21.1 Å². The number of carbonyl (C=O) groups is 1. The van der Waals surface area contributed by atoms with Crippen LogP contribution in [0.5, 0.6) is 0 Å². The Hall–Kier alpha value is -2.61. The van der Waals surface area contributed by atoms with Gasteiger partial charge in [0.05, 0.1) is 5.75 Å². The molecule has 2 heterocycles. The molecule has 24 heavy (non-hydrogen) atoms. The predicted molar refractivity (Wildman–Crippen MR) is 92.7 cm³/mol. The standard InChI is InChI=1S/C16H16N4O3S/c1-18-12-13(19(2)16(23)20(3)14(12)22)17-15(18)24-9-11(21)10-7-5-4-6-8-10/h4-8H,9H2,1-3H3. The van der Waals surface area contributed by atoms with Crippen LogP contribution < -0.4 is 11.2 Å². The Morgan fingerprint density at radius 1 is 1.04 bits per heavy atom. The molecular formula is C16H16N4O3S. The van der Waals surface area contributed by atoms with Crippen LogP contribution in [0.2, 0.25) is 0 Å². The van der Waals surface area contributed by atoms with Crippen LogP contribution >= 0.6 is 11.8 Å². The van der Waals surface area contributed by atoms with Crippen LogP contribution in [0, 0.1) is 0 Å². The lowest BCUT2D eigenvalue weighted by molar-refractivity contribution is 0.102. The van der Waals surface area contributed by atoms with Crippen LogP contribution in [0.1, 0.15) is 10.4 Å². The van der Waals surface area contributed by atoms with Crippen LogP contribution in [-0.4, -0.2) is 30.2 Å². The van der Waals surface area contributed by atoms with Crippen molar-refractivity contribution in [1.29, 1.82) is 0 Å². The van der Waals surface area contributed by atoms with Crippen molar-refractivity contribution < 1.29 is 4.79 Å². The topological polar surface area (TPSA) is 78.9 Å². The Balaban J connectivity index is 1.97. The van der Waals surface area contributed by atoms with Gasteiger partial charge in [-0.3, -0.25) is 18.7 Å². The van der Waals surface area contributed by atoms with E-state index in [-0.39, 0.29) is 11.5 Å². The Kier molecular flexibility index (Phi) is 4.15. The molecule has 124 valence electrons. The summed E-state index contributed by atoms with van der Waals surface area (Å²) in [5.41, 5.74) is 0.466. The predicted octanol–water partition coefficient (Wildman–Crippen LogP) is 0.946. The Labute approximate surface area is 141 Å². The van der Waals surface area contributed by atoms with Crippen LogP contribution in [-0.2, 0) is 21.1 Å². The third-order valence-electron chi connectivity index (χ3n) is 3.86. The number of rotatable bonds is 4. The number of carbonyl (C=O) groups excluding carboxylic acids is 1. The van der Waals surface area contributed by atoms with Gasteiger partial charge in [-0.1, -0.05) is 42.1 Å². The molecule has 0 aliphatic rings. The van der Waals surface area contributed by atoms with Crippen LogP contribution in [0.3, 0.4) is 0 Å². The molecule has 0 aliphatic heterocycles. The van der Waals surface area contributed by atoms with Gasteiger partial charge in [0.25, 0.3) is 5.56 Å². The number of fused-ring (bicyclic) bond motifs is 1. The average molecular weight is 344 g/mol. The van der Waals surface area contributed by atoms with E-state index in [0.29, 0.717) is 21.9 Å². The van der Waals surface area contributed by atoms with E-state index in [1.165, 1.54) is 23.4 Å². The highest BCUT2D eigenvalue weighted by molar-refractivity contribution is 7.99. The maximum atomic E-state index is 12.3. The van der Waals surface area contributed by atoms with Gasteiger partial charge in [0.2, 0.25) is 0 Å². The molecule has 3 rings (SSSR count). The number of aromatic nitrogens is 4. The Morgan fingerprint density at radius 3 is 2.38 bits per heavy atom. The number of benzene rings is 1. The van der Waals surface area contributed by atoms with Gasteiger partial charge in [-0.15, -0.1) is 0 Å². The highest BCUT2D eigenvalue weighted by Gasteiger charge is 2.18. The summed E-state index contributed by atoms with van der Waals surface area (Å²) < 4.78 is 4.01. The molecule has 0 unspecified atom stereocenters. The van der Waals surface area contributed by atoms with Crippen molar-refractivity contribution in [3.8, 4) is 0 Å². The summed E-state index contributed by atoms with van der Waals surface area (Å²) in [7, 11) is 4.71. The van der Waals surface area contributed by atoms with E-state index in [1.807, 2.05) is 18.2 Å². The summed E-state index contributed by atoms with van der Waals surface area (Å²) >= 11 is 1.24. The lowest BCUT2D eigenvalue weighted by atomic mass is 10.2. The first-order valence-electron chi connectivity index (χ1n) is 7.25. The molecule has 7 nitrogen and oxygen atoms in total. The fourth-order valence-corrected chi connectivity index (χ4v) is 3.33. The molecule has 0 amide bonds. The molecule has 1 aromatic carbocycles. The monoisotopic (exact) mass is 344 g/mol. The van der Waals surface area contributed by atoms with E-state index in [0.717, 1.165) is 4.57 Å². The van der Waals surface area contributed by atoms with Gasteiger partial charge in [-0.25, -0.2) is 9.78 Å². The van der Waals surface area contributed by atoms with E-state index in [2.05, 4.69) is 4.98 Å². The number of hydrogen-bond donors (Lipinski definition) is 0. The maximum absolute atomic E-state index is 12.3. The molecular weight excluding hydrogens is 328 g/mol. The zero-order valence-electron chi connectivity index (χ0n) is 13.5. The number of imidazole rings is 1. The summed E-state index contributed by atoms with van der Waals surface area (Å²) in [5.74, 6) is 0.185. The van der Waals surface area contributed by atoms with Crippen molar-refractivity contribution >= 4 is 28.7 Å². The number of thioether (sulfide) groups is 1. The molecule has 0 radical (unpaired) electrons. The van der Waals surface area contributed by atoms with E-state index >= 15 is 0 Å². The van der Waals surface area contributed by atoms with E-state index < -0.39 is 11.2 Å². The lowest BCUT2D eigenvalue weighted by Gasteiger charge is -2.03. The second-order valence-electron chi connectivity index (χ2n) is 5.41. The quantitative estimate of drug-likeness (QED) is 0.520. The van der Waals surface area contributed by atoms with E-state index in [4.69, 9.17) is 0 Å². The first-order valence-corrected chi connectivity index (χ1v) is 8.24. The number of aryl methyl sites for hydroxylation is 2. The number of ketones is 1. The zero-order valence-corrected chi connectivity index (χ0v) is 14.3. The van der Waals surface area contributed by atoms with Crippen molar-refractivity contribution in [3.05, 3.63) is 56.7 Å². The minimum atomic E-state index is -0.428. The Bertz CT molecular complexity index is 1050. The highest BCUT2D eigenvalue weighted by atomic mass is 32.2. The zero-order chi connectivity index (χ0) is 17.4. The first kappa shape index (κ1) is 16.3. The molecule has 0 fully saturated rings. The Morgan fingerprint density at radius 2 is 1.71 bits per heavy atom. The lowest BCUT2D eigenvalue weighted by Crippen LogP contribution is -2.37. The molecule has 0 spiro atoms. The van der Waals surface area contributed by atoms with Crippen LogP contribution in [0.15, 0.2) is 45.1 Å². The van der Waals surface area contributed by atoms with E-state index in [1.54, 1.807) is 30.8 Å². The van der Waals surface area contributed by atoms with Crippen molar-refractivity contribution in [3.63, 3.8) is 0 Å². The second-order valence-corrected chi connectivity index (χ2v) is 6.35. The molecule has 0 saturated heterocycles. The summed E-state index contributed by atoms with van der Waals surface area (Å²) in [4.78, 5) is 40.9. The SMILES string of the molecule is Cn1c(=O)c2c(nc(SCC(=O)c3ccccc3)n2C)n(C)c1=O. The minimum absolute atomic E-state index is 0.0190. The van der Waals surface area contributed by atoms with Crippen LogP contribution in [0.25, 0.3) is 11.2 Å². The first-order chi connectivity index (χ1) is 11.4. The largest absolute Gasteiger partial charge is 0.332 e. The van der Waals surface area contributed by atoms with Gasteiger partial charge in [0, 0.05) is 26.7 Å². The molecule has 0 atom stereocenters. The third-order valence-corrected chi connectivity index (χ3v) is 4.89. The maximum Gasteiger partial charge on any atom is 0.332 e. The summed E-state index contributed by atoms with van der Waals surface area (Å²) in [5, 5.41) is 0.521. The minimum Gasteiger partial charge on any atom is -0.316 e. The second kappa shape index (κ2) is 6.12. The summed E-state index contributed by atoms with van der Waals surface area (Å²) in [6.07, 6.45) is 0. The summed E-state index contributed by atoms with van der Waals surface area (Å²) in [6.45, 7) is 0. The molecule has 0 aliphatic carbocycles. The van der Waals surface area contributed by atoms with Crippen LogP contribution in [0.4, 0.5) is 0 Å². The smallest absolute Gasteiger partial charge is 0.316 e. The van der Waals surface area contributed by atoms with Crippen molar-refractivity contribution in [1.82, 2.24) is 18.7 Å². The van der Waals surface area contributed by atoms with Gasteiger partial charge >= 0.3 is 5.69 Å². The van der Waals surface area contributed by atoms with Gasteiger partial charge < -0.3 is 4.57 Å². The molecule has 0 bridgehead atoms. The molecule has 3 aromatic rings. The van der Waals surface area contributed by atoms with Gasteiger partial charge in [0.1, 0.15) is 0 Å². The summed E-state index contributed by atoms with van der Waals surface area (Å²) in [6, 6.07) is 9.00. The van der Waals surface area contributed by atoms with Gasteiger partial charge in [-0.2, -0.15) is 0 Å². The fraction of sp³-hybridized carbons (Fsp3) is 0.250. The van der Waals surface area contributed by atoms with Gasteiger partial charge in [0.15, 0.2) is 22.1 Å². The van der Waals surface area contributed by atoms with Crippen molar-refractivity contribution in [2.45, 2.75) is 5.16 Å². The molecule has 8 heteroatoms. The van der Waals surface area contributed by atoms with Crippen molar-refractivity contribution in [2.75, 3.05) is 5.75 Å². The van der Waals surface area contributed by atoms with Gasteiger partial charge in [-0.05, 0) is 0 Å². The number of nitrogens with zero attached hydrogens (tertiary/aromatic N) is 4. The fourth-order valence-electron chi connectivity index (χ4n) is 2.47. The molecule has 2 aromatic heterocycles. The number of Topliss-reactive ketones (excluding diaryl/α,β-unsaturated/α-hetero) is 1. The highest BCUT2D eigenvalue weighted by Crippen LogP contribution is 2.21. The normalized spacial score (nSPS) is 11.1. The average Bonchev–Trinajstić information content (AvgIpc) is 2.93. The van der Waals surface area contributed by atoms with E-state index in [9.17, 15) is 14.4 Å². The number of hydrogen-bond acceptors (Lipinski definition) is 5. The third kappa shape index (κ3) is 2.58. The molecule has 0 saturated carbocycles.